The van der Waals surface area contributed by atoms with E-state index in [0.717, 1.165) is 0 Å². The van der Waals surface area contributed by atoms with Gasteiger partial charge in [0.25, 0.3) is 0 Å². The largest absolute Gasteiger partial charge is 0.427 e. The van der Waals surface area contributed by atoms with E-state index in [-0.39, 0.29) is 5.69 Å². The van der Waals surface area contributed by atoms with Gasteiger partial charge in [-0.3, -0.25) is 9.78 Å². The van der Waals surface area contributed by atoms with Gasteiger partial charge in [0, 0.05) is 24.6 Å². The lowest BCUT2D eigenvalue weighted by molar-refractivity contribution is -0.131. The predicted molar refractivity (Wildman–Crippen MR) is 91.9 cm³/mol. The summed E-state index contributed by atoms with van der Waals surface area (Å²) < 4.78 is 11.7. The molecular formula is C18H12N4O4. The number of nitrogens with zero attached hydrogens (tertiary/aromatic N) is 4. The van der Waals surface area contributed by atoms with E-state index < -0.39 is 11.6 Å². The van der Waals surface area contributed by atoms with Crippen LogP contribution in [-0.2, 0) is 4.79 Å². The number of carbonyl (C=O) groups excluding carboxylic acids is 1. The highest BCUT2D eigenvalue weighted by atomic mass is 16.5. The van der Waals surface area contributed by atoms with Crippen molar-refractivity contribution in [3.8, 4) is 22.8 Å². The fourth-order valence-corrected chi connectivity index (χ4v) is 2.48. The third-order valence-corrected chi connectivity index (χ3v) is 3.62. The number of rotatable bonds is 3. The second-order valence-electron chi connectivity index (χ2n) is 5.48. The van der Waals surface area contributed by atoms with Crippen LogP contribution in [0.5, 0.6) is 5.75 Å². The zero-order valence-electron chi connectivity index (χ0n) is 13.6. The van der Waals surface area contributed by atoms with Gasteiger partial charge in [0.05, 0.1) is 11.9 Å². The summed E-state index contributed by atoms with van der Waals surface area (Å²) in [5.74, 6) is -0.146. The fraction of sp³-hybridized carbons (Fsp3) is 0.0556. The zero-order chi connectivity index (χ0) is 18.1. The first-order valence-corrected chi connectivity index (χ1v) is 7.70. The lowest BCUT2D eigenvalue weighted by Crippen LogP contribution is -2.10. The number of aromatic nitrogens is 4. The average Bonchev–Trinajstić information content (AvgIpc) is 3.11. The molecule has 0 N–H and O–H groups in total. The van der Waals surface area contributed by atoms with Crippen LogP contribution in [0.2, 0.25) is 0 Å². The van der Waals surface area contributed by atoms with Crippen LogP contribution in [0.15, 0.2) is 64.1 Å². The van der Waals surface area contributed by atoms with Gasteiger partial charge in [0.2, 0.25) is 0 Å². The summed E-state index contributed by atoms with van der Waals surface area (Å²) in [6.45, 7) is 1.30. The Morgan fingerprint density at radius 2 is 2.04 bits per heavy atom. The number of hydrogen-bond donors (Lipinski definition) is 0. The summed E-state index contributed by atoms with van der Waals surface area (Å²) in [5, 5.41) is 8.69. The topological polar surface area (TPSA) is 100 Å². The lowest BCUT2D eigenvalue weighted by Gasteiger charge is -2.04. The quantitative estimate of drug-likeness (QED) is 0.318. The first kappa shape index (κ1) is 15.7. The summed E-state index contributed by atoms with van der Waals surface area (Å²) in [7, 11) is 0. The van der Waals surface area contributed by atoms with Gasteiger partial charge in [-0.2, -0.15) is 0 Å². The van der Waals surface area contributed by atoms with Crippen LogP contribution in [0.3, 0.4) is 0 Å². The second-order valence-corrected chi connectivity index (χ2v) is 5.48. The van der Waals surface area contributed by atoms with E-state index in [9.17, 15) is 9.59 Å². The van der Waals surface area contributed by atoms with Crippen molar-refractivity contribution in [3.63, 3.8) is 0 Å². The van der Waals surface area contributed by atoms with Gasteiger partial charge in [0.15, 0.2) is 5.69 Å². The molecule has 128 valence electrons. The molecule has 0 atom stereocenters. The highest BCUT2D eigenvalue weighted by Gasteiger charge is 2.12. The Labute approximate surface area is 146 Å². The monoisotopic (exact) mass is 348 g/mol. The number of hydrogen-bond acceptors (Lipinski definition) is 7. The Kier molecular flexibility index (Phi) is 3.77. The molecule has 26 heavy (non-hydrogen) atoms. The number of carbonyl (C=O) groups is 1. The molecule has 1 aromatic carbocycles. The fourth-order valence-electron chi connectivity index (χ4n) is 2.48. The SMILES string of the molecule is CC(=O)Oc1ccc2cc(-n3cc(-c4ccccn4)nn3)c(=O)oc2c1. The highest BCUT2D eigenvalue weighted by molar-refractivity contribution is 5.81. The van der Waals surface area contributed by atoms with Crippen molar-refractivity contribution in [2.24, 2.45) is 0 Å². The number of fused-ring (bicyclic) bond motifs is 1. The van der Waals surface area contributed by atoms with E-state index in [2.05, 4.69) is 15.3 Å². The van der Waals surface area contributed by atoms with E-state index >= 15 is 0 Å². The molecule has 0 saturated carbocycles. The molecule has 0 aliphatic carbocycles. The third-order valence-electron chi connectivity index (χ3n) is 3.62. The summed E-state index contributed by atoms with van der Waals surface area (Å²) >= 11 is 0. The predicted octanol–water partition coefficient (Wildman–Crippen LogP) is 2.36. The van der Waals surface area contributed by atoms with Crippen LogP contribution in [0.1, 0.15) is 6.92 Å². The molecule has 8 nitrogen and oxygen atoms in total. The Morgan fingerprint density at radius 3 is 2.81 bits per heavy atom. The van der Waals surface area contributed by atoms with Crippen molar-refractivity contribution < 1.29 is 13.9 Å². The van der Waals surface area contributed by atoms with Crippen LogP contribution in [0, 0.1) is 0 Å². The van der Waals surface area contributed by atoms with E-state index in [0.29, 0.717) is 28.1 Å². The zero-order valence-corrected chi connectivity index (χ0v) is 13.6. The van der Waals surface area contributed by atoms with Gasteiger partial charge in [-0.1, -0.05) is 11.3 Å². The van der Waals surface area contributed by atoms with Crippen LogP contribution in [0.4, 0.5) is 0 Å². The van der Waals surface area contributed by atoms with E-state index in [1.807, 2.05) is 6.07 Å². The summed E-state index contributed by atoms with van der Waals surface area (Å²) in [6.07, 6.45) is 3.26. The minimum Gasteiger partial charge on any atom is -0.427 e. The number of ether oxygens (including phenoxy) is 1. The van der Waals surface area contributed by atoms with E-state index in [4.69, 9.17) is 9.15 Å². The average molecular weight is 348 g/mol. The molecule has 0 unspecified atom stereocenters. The second kappa shape index (κ2) is 6.25. The van der Waals surface area contributed by atoms with Crippen LogP contribution in [-0.4, -0.2) is 25.9 Å². The number of benzene rings is 1. The Bertz CT molecular complexity index is 1160. The van der Waals surface area contributed by atoms with Gasteiger partial charge in [-0.25, -0.2) is 9.48 Å². The molecule has 4 rings (SSSR count). The maximum atomic E-state index is 12.3. The van der Waals surface area contributed by atoms with Crippen LogP contribution < -0.4 is 10.4 Å². The van der Waals surface area contributed by atoms with Gasteiger partial charge < -0.3 is 9.15 Å². The van der Waals surface area contributed by atoms with Crippen molar-refractivity contribution in [2.45, 2.75) is 6.92 Å². The normalized spacial score (nSPS) is 10.8. The molecule has 0 fully saturated rings. The van der Waals surface area contributed by atoms with Crippen molar-refractivity contribution in [3.05, 3.63) is 65.3 Å². The minimum absolute atomic E-state index is 0.215. The summed E-state index contributed by atoms with van der Waals surface area (Å²) in [5.41, 5.74) is 1.12. The van der Waals surface area contributed by atoms with Gasteiger partial charge >= 0.3 is 11.6 Å². The summed E-state index contributed by atoms with van der Waals surface area (Å²) in [4.78, 5) is 27.6. The van der Waals surface area contributed by atoms with E-state index in [1.165, 1.54) is 17.7 Å². The molecule has 3 heterocycles. The molecule has 4 aromatic rings. The molecule has 3 aromatic heterocycles. The molecular weight excluding hydrogens is 336 g/mol. The first-order chi connectivity index (χ1) is 12.6. The molecule has 0 spiro atoms. The van der Waals surface area contributed by atoms with Gasteiger partial charge in [0.1, 0.15) is 17.0 Å². The molecule has 0 amide bonds. The molecule has 0 bridgehead atoms. The lowest BCUT2D eigenvalue weighted by atomic mass is 10.2. The minimum atomic E-state index is -0.588. The first-order valence-electron chi connectivity index (χ1n) is 7.70. The van der Waals surface area contributed by atoms with Crippen LogP contribution in [0.25, 0.3) is 28.0 Å². The molecule has 0 aliphatic heterocycles. The molecule has 0 saturated heterocycles. The van der Waals surface area contributed by atoms with Crippen molar-refractivity contribution in [2.75, 3.05) is 0 Å². The summed E-state index contributed by atoms with van der Waals surface area (Å²) in [6, 6.07) is 11.9. The standard InChI is InChI=1S/C18H12N4O4/c1-11(23)25-13-6-5-12-8-16(18(24)26-17(12)9-13)22-10-15(20-21-22)14-4-2-3-7-19-14/h2-10H,1H3. The smallest absolute Gasteiger partial charge is 0.362 e. The molecule has 8 heteroatoms. The van der Waals surface area contributed by atoms with Crippen molar-refractivity contribution in [1.82, 2.24) is 20.0 Å². The Balaban J connectivity index is 1.75. The maximum absolute atomic E-state index is 12.3. The number of pyridine rings is 1. The molecule has 0 radical (unpaired) electrons. The van der Waals surface area contributed by atoms with Gasteiger partial charge in [-0.15, -0.1) is 5.10 Å². The van der Waals surface area contributed by atoms with Gasteiger partial charge in [-0.05, 0) is 30.3 Å². The van der Waals surface area contributed by atoms with Crippen molar-refractivity contribution >= 4 is 16.9 Å². The highest BCUT2D eigenvalue weighted by Crippen LogP contribution is 2.22. The number of esters is 1. The molecule has 0 aliphatic rings. The Hall–Kier alpha value is -3.81. The maximum Gasteiger partial charge on any atom is 0.362 e. The van der Waals surface area contributed by atoms with Crippen molar-refractivity contribution in [1.29, 1.82) is 0 Å². The van der Waals surface area contributed by atoms with E-state index in [1.54, 1.807) is 42.7 Å². The Morgan fingerprint density at radius 1 is 1.15 bits per heavy atom. The van der Waals surface area contributed by atoms with Crippen LogP contribution >= 0.6 is 0 Å². The third kappa shape index (κ3) is 2.95.